The Morgan fingerprint density at radius 1 is 0.667 bits per heavy atom. The molecule has 4 nitrogen and oxygen atoms in total. The fourth-order valence-electron chi connectivity index (χ4n) is 2.70. The van der Waals surface area contributed by atoms with Crippen molar-refractivity contribution in [1.29, 1.82) is 0 Å². The summed E-state index contributed by atoms with van der Waals surface area (Å²) in [7, 11) is 11.3. The predicted molar refractivity (Wildman–Crippen MR) is 69.7 cm³/mol. The van der Waals surface area contributed by atoms with Gasteiger partial charge in [-0.1, -0.05) is 13.8 Å². The molecule has 0 aromatic heterocycles. The zero-order valence-electron chi connectivity index (χ0n) is 11.7. The highest BCUT2D eigenvalue weighted by Gasteiger charge is 2.47. The van der Waals surface area contributed by atoms with E-state index in [1.807, 2.05) is 0 Å². The van der Waals surface area contributed by atoms with Gasteiger partial charge in [0.05, 0.1) is 0 Å². The third kappa shape index (κ3) is 2.60. The Bertz CT molecular complexity index is 156. The highest BCUT2D eigenvalue weighted by atomic mass is 28.4. The van der Waals surface area contributed by atoms with Gasteiger partial charge >= 0.3 is 8.72 Å². The van der Waals surface area contributed by atoms with Crippen molar-refractivity contribution in [3.63, 3.8) is 0 Å². The number of hydrogen-bond donors (Lipinski definition) is 0. The van der Waals surface area contributed by atoms with Crippen LogP contribution in [-0.4, -0.2) is 82.4 Å². The topological polar surface area (TPSA) is 13.0 Å². The average Bonchev–Trinajstić information content (AvgIpc) is 2.11. The van der Waals surface area contributed by atoms with Crippen LogP contribution >= 0.6 is 0 Å². The van der Waals surface area contributed by atoms with Crippen molar-refractivity contribution in [1.82, 2.24) is 18.3 Å². The molecule has 0 N–H and O–H groups in total. The van der Waals surface area contributed by atoms with Crippen LogP contribution in [0, 0.1) is 0 Å². The van der Waals surface area contributed by atoms with Crippen molar-refractivity contribution in [2.45, 2.75) is 13.8 Å². The van der Waals surface area contributed by atoms with E-state index in [9.17, 15) is 0 Å². The zero-order valence-corrected chi connectivity index (χ0v) is 12.7. The predicted octanol–water partition coefficient (Wildman–Crippen LogP) is 0.449. The van der Waals surface area contributed by atoms with Crippen molar-refractivity contribution in [3.8, 4) is 0 Å². The van der Waals surface area contributed by atoms with Crippen LogP contribution in [0.1, 0.15) is 13.8 Å². The van der Waals surface area contributed by atoms with Crippen molar-refractivity contribution < 1.29 is 0 Å². The van der Waals surface area contributed by atoms with Gasteiger partial charge in [-0.2, -0.15) is 0 Å². The Hall–Kier alpha value is 0.0569. The standard InChI is InChI=1S/C10H28N4Si/c1-9-14(10-2)15(11(3)4,12(5)6)13(7)8/h9-10H2,1-8H3. The zero-order chi connectivity index (χ0) is 12.2. The van der Waals surface area contributed by atoms with E-state index in [1.165, 1.54) is 0 Å². The second kappa shape index (κ2) is 5.96. The van der Waals surface area contributed by atoms with Gasteiger partial charge in [0, 0.05) is 0 Å². The molecule has 0 unspecified atom stereocenters. The lowest BCUT2D eigenvalue weighted by Gasteiger charge is -2.51. The molecule has 5 heteroatoms. The molecule has 0 spiro atoms. The van der Waals surface area contributed by atoms with E-state index in [0.717, 1.165) is 13.1 Å². The third-order valence-corrected chi connectivity index (χ3v) is 8.07. The molecule has 0 saturated carbocycles. The SMILES string of the molecule is CCN(CC)[Si](N(C)C)(N(C)C)N(C)C. The maximum Gasteiger partial charge on any atom is 0.375 e. The second-order valence-electron chi connectivity index (χ2n) is 4.46. The molecule has 0 radical (unpaired) electrons. The summed E-state index contributed by atoms with van der Waals surface area (Å²) in [6.07, 6.45) is 0. The van der Waals surface area contributed by atoms with Crippen LogP contribution in [-0.2, 0) is 0 Å². The monoisotopic (exact) mass is 232 g/mol. The van der Waals surface area contributed by atoms with Crippen LogP contribution < -0.4 is 0 Å². The van der Waals surface area contributed by atoms with Crippen molar-refractivity contribution in [2.24, 2.45) is 0 Å². The van der Waals surface area contributed by atoms with Crippen LogP contribution in [0.4, 0.5) is 0 Å². The molecule has 0 atom stereocenters. The molecule has 0 rings (SSSR count). The average molecular weight is 232 g/mol. The lowest BCUT2D eigenvalue weighted by Crippen LogP contribution is -2.79. The summed E-state index contributed by atoms with van der Waals surface area (Å²) in [4.78, 5) is 0. The normalized spacial score (nSPS) is 13.6. The summed E-state index contributed by atoms with van der Waals surface area (Å²) in [6.45, 7) is 6.66. The van der Waals surface area contributed by atoms with E-state index >= 15 is 0 Å². The van der Waals surface area contributed by atoms with Crippen LogP contribution in [0.2, 0.25) is 0 Å². The minimum atomic E-state index is -1.82. The van der Waals surface area contributed by atoms with Gasteiger partial charge < -0.3 is 0 Å². The molecule has 0 amide bonds. The quantitative estimate of drug-likeness (QED) is 0.617. The second-order valence-corrected chi connectivity index (χ2v) is 8.97. The van der Waals surface area contributed by atoms with Crippen molar-refractivity contribution in [3.05, 3.63) is 0 Å². The number of hydrogen-bond acceptors (Lipinski definition) is 4. The summed E-state index contributed by atoms with van der Waals surface area (Å²) in [5.74, 6) is 0. The van der Waals surface area contributed by atoms with Crippen LogP contribution in [0.3, 0.4) is 0 Å². The molecular formula is C10H28N4Si. The van der Waals surface area contributed by atoms with E-state index in [1.54, 1.807) is 0 Å². The first-order valence-electron chi connectivity index (χ1n) is 5.62. The Balaban J connectivity index is 5.29. The molecule has 0 aromatic rings. The van der Waals surface area contributed by atoms with E-state index < -0.39 is 8.72 Å². The molecule has 0 bridgehead atoms. The molecule has 0 aromatic carbocycles. The van der Waals surface area contributed by atoms with Gasteiger partial charge in [0.1, 0.15) is 0 Å². The van der Waals surface area contributed by atoms with Gasteiger partial charge in [-0.25, -0.2) is 0 Å². The van der Waals surface area contributed by atoms with Crippen molar-refractivity contribution >= 4 is 8.72 Å². The molecule has 0 aliphatic heterocycles. The van der Waals surface area contributed by atoms with Gasteiger partial charge in [-0.15, -0.1) is 0 Å². The highest BCUT2D eigenvalue weighted by Crippen LogP contribution is 2.17. The van der Waals surface area contributed by atoms with Gasteiger partial charge in [0.15, 0.2) is 0 Å². The maximum absolute atomic E-state index is 2.58. The molecule has 0 saturated heterocycles. The van der Waals surface area contributed by atoms with E-state index in [-0.39, 0.29) is 0 Å². The Kier molecular flexibility index (Phi) is 5.98. The molecule has 0 heterocycles. The smallest absolute Gasteiger partial charge is 0.292 e. The Morgan fingerprint density at radius 2 is 0.933 bits per heavy atom. The molecule has 15 heavy (non-hydrogen) atoms. The van der Waals surface area contributed by atoms with E-state index in [4.69, 9.17) is 0 Å². The minimum Gasteiger partial charge on any atom is -0.292 e. The van der Waals surface area contributed by atoms with Gasteiger partial charge in [0.2, 0.25) is 0 Å². The summed E-state index contributed by atoms with van der Waals surface area (Å²) < 4.78 is 9.74. The maximum atomic E-state index is 2.58. The van der Waals surface area contributed by atoms with Crippen molar-refractivity contribution in [2.75, 3.05) is 55.4 Å². The lowest BCUT2D eigenvalue weighted by molar-refractivity contribution is 0.259. The van der Waals surface area contributed by atoms with Crippen LogP contribution in [0.25, 0.3) is 0 Å². The largest absolute Gasteiger partial charge is 0.375 e. The molecule has 0 aliphatic rings. The summed E-state index contributed by atoms with van der Waals surface area (Å²) in [6, 6.07) is 0. The Morgan fingerprint density at radius 3 is 1.00 bits per heavy atom. The van der Waals surface area contributed by atoms with Gasteiger partial charge in [-0.05, 0) is 55.4 Å². The summed E-state index contributed by atoms with van der Waals surface area (Å²) in [5, 5.41) is 0. The van der Waals surface area contributed by atoms with Gasteiger partial charge in [-0.3, -0.25) is 18.3 Å². The molecule has 0 fully saturated rings. The number of nitrogens with zero attached hydrogens (tertiary/aromatic N) is 4. The lowest BCUT2D eigenvalue weighted by atomic mass is 10.7. The summed E-state index contributed by atoms with van der Waals surface area (Å²) >= 11 is 0. The first kappa shape index (κ1) is 15.1. The van der Waals surface area contributed by atoms with Gasteiger partial charge in [0.25, 0.3) is 0 Å². The first-order valence-corrected chi connectivity index (χ1v) is 7.41. The highest BCUT2D eigenvalue weighted by molar-refractivity contribution is 6.68. The fourth-order valence-corrected chi connectivity index (χ4v) is 7.64. The van der Waals surface area contributed by atoms with E-state index in [0.29, 0.717) is 0 Å². The summed E-state index contributed by atoms with van der Waals surface area (Å²) in [5.41, 5.74) is 0. The molecule has 0 aliphatic carbocycles. The Labute approximate surface area is 96.8 Å². The number of rotatable bonds is 6. The van der Waals surface area contributed by atoms with Crippen LogP contribution in [0.15, 0.2) is 0 Å². The third-order valence-electron chi connectivity index (χ3n) is 2.99. The fraction of sp³-hybridized carbons (Fsp3) is 1.00. The first-order chi connectivity index (χ1) is 6.85. The molecular weight excluding hydrogens is 204 g/mol. The van der Waals surface area contributed by atoms with Crippen LogP contribution in [0.5, 0.6) is 0 Å². The molecule has 92 valence electrons. The minimum absolute atomic E-state index is 1.09. The van der Waals surface area contributed by atoms with E-state index in [2.05, 4.69) is 74.4 Å².